The van der Waals surface area contributed by atoms with Crippen molar-refractivity contribution >= 4 is 41.0 Å². The van der Waals surface area contributed by atoms with Crippen molar-refractivity contribution in [2.75, 3.05) is 32.7 Å². The molecule has 1 aromatic heterocycles. The molecule has 1 saturated carbocycles. The van der Waals surface area contributed by atoms with Crippen LogP contribution in [0.1, 0.15) is 38.4 Å². The van der Waals surface area contributed by atoms with E-state index in [1.54, 1.807) is 0 Å². The maximum Gasteiger partial charge on any atom is 0.191 e. The van der Waals surface area contributed by atoms with Crippen molar-refractivity contribution in [2.24, 2.45) is 10.9 Å². The van der Waals surface area contributed by atoms with Crippen molar-refractivity contribution in [3.05, 3.63) is 30.1 Å². The number of benzene rings is 1. The number of guanidine groups is 1. The van der Waals surface area contributed by atoms with E-state index in [-0.39, 0.29) is 24.0 Å². The van der Waals surface area contributed by atoms with Gasteiger partial charge in [0.05, 0.1) is 11.0 Å². The molecule has 0 amide bonds. The fraction of sp³-hybridized carbons (Fsp3) is 0.636. The van der Waals surface area contributed by atoms with Crippen molar-refractivity contribution in [3.8, 4) is 0 Å². The molecule has 6 nitrogen and oxygen atoms in total. The lowest BCUT2D eigenvalue weighted by Crippen LogP contribution is -2.38. The van der Waals surface area contributed by atoms with Crippen LogP contribution in [0.3, 0.4) is 0 Å². The van der Waals surface area contributed by atoms with E-state index in [0.717, 1.165) is 61.9 Å². The summed E-state index contributed by atoms with van der Waals surface area (Å²) >= 11 is 0. The van der Waals surface area contributed by atoms with Crippen LogP contribution in [0.25, 0.3) is 11.0 Å². The average Bonchev–Trinajstić information content (AvgIpc) is 3.35. The topological polar surface area (TPSA) is 57.5 Å². The number of hydrogen-bond acceptors (Lipinski definition) is 3. The summed E-state index contributed by atoms with van der Waals surface area (Å²) in [6, 6.07) is 9.26. The molecule has 0 bridgehead atoms. The second-order valence-corrected chi connectivity index (χ2v) is 8.18. The number of imidazole rings is 1. The van der Waals surface area contributed by atoms with Gasteiger partial charge < -0.3 is 20.1 Å². The second kappa shape index (κ2) is 10.6. The minimum absolute atomic E-state index is 0. The highest BCUT2D eigenvalue weighted by Crippen LogP contribution is 2.31. The number of nitrogens with zero attached hydrogens (tertiary/aromatic N) is 4. The van der Waals surface area contributed by atoms with Crippen molar-refractivity contribution in [2.45, 2.75) is 52.1 Å². The molecule has 1 atom stereocenters. The molecule has 2 fully saturated rings. The molecule has 1 unspecified atom stereocenters. The van der Waals surface area contributed by atoms with Crippen molar-refractivity contribution in [3.63, 3.8) is 0 Å². The number of rotatable bonds is 8. The third-order valence-electron chi connectivity index (χ3n) is 5.93. The predicted molar refractivity (Wildman–Crippen MR) is 131 cm³/mol. The Morgan fingerprint density at radius 2 is 2.03 bits per heavy atom. The molecule has 2 N–H and O–H groups in total. The highest BCUT2D eigenvalue weighted by atomic mass is 127. The van der Waals surface area contributed by atoms with Crippen molar-refractivity contribution < 1.29 is 0 Å². The monoisotopic (exact) mass is 510 g/mol. The van der Waals surface area contributed by atoms with Gasteiger partial charge in [0, 0.05) is 38.8 Å². The van der Waals surface area contributed by atoms with Crippen LogP contribution in [0, 0.1) is 12.8 Å². The molecule has 29 heavy (non-hydrogen) atoms. The molecule has 7 heteroatoms. The lowest BCUT2D eigenvalue weighted by atomic mass is 10.1. The second-order valence-electron chi connectivity index (χ2n) is 8.18. The van der Waals surface area contributed by atoms with Crippen LogP contribution in [0.4, 0.5) is 0 Å². The average molecular weight is 510 g/mol. The summed E-state index contributed by atoms with van der Waals surface area (Å²) < 4.78 is 2.31. The molecule has 1 aliphatic heterocycles. The summed E-state index contributed by atoms with van der Waals surface area (Å²) in [6.07, 6.45) is 5.16. The van der Waals surface area contributed by atoms with Gasteiger partial charge in [0.15, 0.2) is 5.96 Å². The standard InChI is InChI=1S/C22H34N6.HI/c1-3-23-22(25-15-18-11-14-27(16-18)19-9-10-19)24-12-6-13-28-17(2)26-20-7-4-5-8-21(20)28;/h4-5,7-8,18-19H,3,6,9-16H2,1-2H3,(H2,23,24,25);1H. The van der Waals surface area contributed by atoms with E-state index in [4.69, 9.17) is 4.99 Å². The maximum absolute atomic E-state index is 4.86. The third-order valence-corrected chi connectivity index (χ3v) is 5.93. The Balaban J connectivity index is 0.00000240. The molecule has 160 valence electrons. The highest BCUT2D eigenvalue weighted by Gasteiger charge is 2.34. The van der Waals surface area contributed by atoms with Crippen LogP contribution in [0.15, 0.2) is 29.3 Å². The Hall–Kier alpha value is -1.35. The molecule has 0 spiro atoms. The number of aliphatic imine (C=N–C) groups is 1. The van der Waals surface area contributed by atoms with Crippen LogP contribution in [-0.4, -0.2) is 59.2 Å². The molecule has 2 aromatic rings. The molecule has 2 aliphatic rings. The Morgan fingerprint density at radius 3 is 2.83 bits per heavy atom. The highest BCUT2D eigenvalue weighted by molar-refractivity contribution is 14.0. The number of para-hydroxylation sites is 2. The molecule has 1 saturated heterocycles. The first-order chi connectivity index (χ1) is 13.7. The van der Waals surface area contributed by atoms with E-state index in [1.165, 1.54) is 37.9 Å². The first kappa shape index (κ1) is 22.3. The Labute approximate surface area is 191 Å². The number of aromatic nitrogens is 2. The third kappa shape index (κ3) is 5.84. The van der Waals surface area contributed by atoms with E-state index < -0.39 is 0 Å². The summed E-state index contributed by atoms with van der Waals surface area (Å²) in [5.74, 6) is 2.76. The number of nitrogens with one attached hydrogen (secondary N) is 2. The van der Waals surface area contributed by atoms with Gasteiger partial charge >= 0.3 is 0 Å². The van der Waals surface area contributed by atoms with Gasteiger partial charge in [0.1, 0.15) is 5.82 Å². The van der Waals surface area contributed by atoms with Crippen LogP contribution in [0.5, 0.6) is 0 Å². The summed E-state index contributed by atoms with van der Waals surface area (Å²) in [5.41, 5.74) is 2.31. The van der Waals surface area contributed by atoms with Crippen molar-refractivity contribution in [1.29, 1.82) is 0 Å². The quantitative estimate of drug-likeness (QED) is 0.248. The summed E-state index contributed by atoms with van der Waals surface area (Å²) in [7, 11) is 0. The lowest BCUT2D eigenvalue weighted by Gasteiger charge is -2.15. The molecule has 0 radical (unpaired) electrons. The SMILES string of the molecule is CCNC(=NCC1CCN(C2CC2)C1)NCCCn1c(C)nc2ccccc21.I. The summed E-state index contributed by atoms with van der Waals surface area (Å²) in [5, 5.41) is 6.91. The minimum atomic E-state index is 0. The van der Waals surface area contributed by atoms with E-state index in [1.807, 2.05) is 6.07 Å². The van der Waals surface area contributed by atoms with Crippen LogP contribution in [0.2, 0.25) is 0 Å². The van der Waals surface area contributed by atoms with Gasteiger partial charge in [-0.1, -0.05) is 12.1 Å². The fourth-order valence-electron chi connectivity index (χ4n) is 4.27. The minimum Gasteiger partial charge on any atom is -0.357 e. The van der Waals surface area contributed by atoms with Crippen LogP contribution >= 0.6 is 24.0 Å². The van der Waals surface area contributed by atoms with Gasteiger partial charge in [-0.3, -0.25) is 4.99 Å². The zero-order chi connectivity index (χ0) is 19.3. The first-order valence-electron chi connectivity index (χ1n) is 10.9. The number of fused-ring (bicyclic) bond motifs is 1. The summed E-state index contributed by atoms with van der Waals surface area (Å²) in [6.45, 7) is 10.4. The number of halogens is 1. The predicted octanol–water partition coefficient (Wildman–Crippen LogP) is 3.39. The van der Waals surface area contributed by atoms with Gasteiger partial charge in [-0.15, -0.1) is 24.0 Å². The van der Waals surface area contributed by atoms with Gasteiger partial charge in [0.2, 0.25) is 0 Å². The Bertz CT molecular complexity index is 813. The molecular formula is C22H35IN6. The largest absolute Gasteiger partial charge is 0.357 e. The zero-order valence-corrected chi connectivity index (χ0v) is 20.1. The van der Waals surface area contributed by atoms with Crippen LogP contribution < -0.4 is 10.6 Å². The molecule has 2 heterocycles. The van der Waals surface area contributed by atoms with Crippen LogP contribution in [-0.2, 0) is 6.54 Å². The molecule has 1 aromatic carbocycles. The zero-order valence-electron chi connectivity index (χ0n) is 17.7. The van der Waals surface area contributed by atoms with Gasteiger partial charge in [-0.05, 0) is 64.1 Å². The maximum atomic E-state index is 4.86. The normalized spacial score (nSPS) is 20.1. The number of likely N-dealkylation sites (tertiary alicyclic amines) is 1. The van der Waals surface area contributed by atoms with Gasteiger partial charge in [-0.25, -0.2) is 4.98 Å². The summed E-state index contributed by atoms with van der Waals surface area (Å²) in [4.78, 5) is 12.2. The fourth-order valence-corrected chi connectivity index (χ4v) is 4.27. The Kier molecular flexibility index (Phi) is 8.17. The van der Waals surface area contributed by atoms with E-state index >= 15 is 0 Å². The van der Waals surface area contributed by atoms with E-state index in [2.05, 4.69) is 57.1 Å². The van der Waals surface area contributed by atoms with E-state index in [0.29, 0.717) is 0 Å². The smallest absolute Gasteiger partial charge is 0.191 e. The Morgan fingerprint density at radius 1 is 1.21 bits per heavy atom. The number of aryl methyl sites for hydroxylation is 2. The number of hydrogen-bond donors (Lipinski definition) is 2. The lowest BCUT2D eigenvalue weighted by molar-refractivity contribution is 0.315. The molecule has 1 aliphatic carbocycles. The van der Waals surface area contributed by atoms with E-state index in [9.17, 15) is 0 Å². The van der Waals surface area contributed by atoms with Gasteiger partial charge in [-0.2, -0.15) is 0 Å². The molecular weight excluding hydrogens is 475 g/mol. The van der Waals surface area contributed by atoms with Gasteiger partial charge in [0.25, 0.3) is 0 Å². The van der Waals surface area contributed by atoms with Crippen molar-refractivity contribution in [1.82, 2.24) is 25.1 Å². The first-order valence-corrected chi connectivity index (χ1v) is 10.9. The molecule has 4 rings (SSSR count).